The van der Waals surface area contributed by atoms with Crippen molar-refractivity contribution >= 4 is 16.8 Å². The van der Waals surface area contributed by atoms with Crippen LogP contribution in [-0.2, 0) is 17.6 Å². The van der Waals surface area contributed by atoms with Gasteiger partial charge >= 0.3 is 0 Å². The minimum Gasteiger partial charge on any atom is -0.361 e. The zero-order chi connectivity index (χ0) is 18.5. The monoisotopic (exact) mass is 354 g/mol. The molecule has 0 aliphatic heterocycles. The van der Waals surface area contributed by atoms with E-state index in [0.717, 1.165) is 28.5 Å². The number of hydrogen-bond acceptors (Lipinski definition) is 1. The van der Waals surface area contributed by atoms with Crippen LogP contribution in [0.3, 0.4) is 0 Å². The molecule has 0 aliphatic rings. The molecule has 0 bridgehead atoms. The summed E-state index contributed by atoms with van der Waals surface area (Å²) in [6.45, 7) is 0. The predicted molar refractivity (Wildman–Crippen MR) is 109 cm³/mol. The van der Waals surface area contributed by atoms with Crippen molar-refractivity contribution < 1.29 is 4.79 Å². The Morgan fingerprint density at radius 3 is 2.30 bits per heavy atom. The number of aromatic amines is 1. The van der Waals surface area contributed by atoms with Crippen LogP contribution in [0, 0.1) is 0 Å². The average Bonchev–Trinajstić information content (AvgIpc) is 3.12. The number of fused-ring (bicyclic) bond motifs is 1. The second-order valence-electron chi connectivity index (χ2n) is 6.76. The van der Waals surface area contributed by atoms with E-state index < -0.39 is 0 Å². The Labute approximate surface area is 159 Å². The number of benzene rings is 3. The molecule has 0 saturated heterocycles. The highest BCUT2D eigenvalue weighted by atomic mass is 16.1. The number of rotatable bonds is 6. The molecule has 0 saturated carbocycles. The molecule has 2 N–H and O–H groups in total. The van der Waals surface area contributed by atoms with Crippen molar-refractivity contribution in [3.05, 3.63) is 108 Å². The minimum atomic E-state index is -0.0497. The van der Waals surface area contributed by atoms with E-state index in [1.54, 1.807) is 0 Å². The number of amides is 1. The standard InChI is InChI=1S/C24H22N2O/c27-24(16-20-17-25-22-14-8-7-13-21(20)22)26-23(19-11-5-2-6-12-19)15-18-9-3-1-4-10-18/h1-14,17,23,25H,15-16H2,(H,26,27). The Hall–Kier alpha value is -3.33. The summed E-state index contributed by atoms with van der Waals surface area (Å²) >= 11 is 0. The van der Waals surface area contributed by atoms with Gasteiger partial charge in [0.25, 0.3) is 0 Å². The Bertz CT molecular complexity index is 1020. The van der Waals surface area contributed by atoms with Crippen LogP contribution in [-0.4, -0.2) is 10.9 Å². The van der Waals surface area contributed by atoms with Gasteiger partial charge < -0.3 is 10.3 Å². The molecule has 4 aromatic rings. The first-order valence-electron chi connectivity index (χ1n) is 9.23. The molecule has 1 atom stereocenters. The zero-order valence-corrected chi connectivity index (χ0v) is 15.1. The second-order valence-corrected chi connectivity index (χ2v) is 6.76. The van der Waals surface area contributed by atoms with Gasteiger partial charge in [-0.15, -0.1) is 0 Å². The van der Waals surface area contributed by atoms with Gasteiger partial charge in [0.2, 0.25) is 5.91 Å². The van der Waals surface area contributed by atoms with Crippen molar-refractivity contribution in [1.29, 1.82) is 0 Å². The van der Waals surface area contributed by atoms with Gasteiger partial charge in [0.1, 0.15) is 0 Å². The van der Waals surface area contributed by atoms with Gasteiger partial charge in [-0.25, -0.2) is 0 Å². The Balaban J connectivity index is 1.53. The van der Waals surface area contributed by atoms with Gasteiger partial charge in [-0.3, -0.25) is 4.79 Å². The van der Waals surface area contributed by atoms with Crippen LogP contribution in [0.25, 0.3) is 10.9 Å². The molecule has 0 aliphatic carbocycles. The third-order valence-corrected chi connectivity index (χ3v) is 4.85. The molecule has 1 heterocycles. The molecule has 27 heavy (non-hydrogen) atoms. The van der Waals surface area contributed by atoms with Crippen LogP contribution >= 0.6 is 0 Å². The topological polar surface area (TPSA) is 44.9 Å². The van der Waals surface area contributed by atoms with Crippen LogP contribution in [0.5, 0.6) is 0 Å². The maximum Gasteiger partial charge on any atom is 0.224 e. The number of para-hydroxylation sites is 1. The fraction of sp³-hybridized carbons (Fsp3) is 0.125. The highest BCUT2D eigenvalue weighted by Crippen LogP contribution is 2.21. The molecule has 0 radical (unpaired) electrons. The van der Waals surface area contributed by atoms with Crippen LogP contribution in [0.2, 0.25) is 0 Å². The number of aromatic nitrogens is 1. The van der Waals surface area contributed by atoms with E-state index in [-0.39, 0.29) is 11.9 Å². The summed E-state index contributed by atoms with van der Waals surface area (Å²) in [5.41, 5.74) is 4.41. The van der Waals surface area contributed by atoms with Gasteiger partial charge in [-0.05, 0) is 29.2 Å². The molecule has 3 aromatic carbocycles. The molecule has 134 valence electrons. The Morgan fingerprint density at radius 1 is 0.852 bits per heavy atom. The number of hydrogen-bond donors (Lipinski definition) is 2. The molecule has 1 amide bonds. The number of carbonyl (C=O) groups excluding carboxylic acids is 1. The van der Waals surface area contributed by atoms with E-state index in [2.05, 4.69) is 34.6 Å². The molecular weight excluding hydrogens is 332 g/mol. The number of H-pyrrole nitrogens is 1. The van der Waals surface area contributed by atoms with E-state index in [0.29, 0.717) is 6.42 Å². The average molecular weight is 354 g/mol. The molecule has 4 rings (SSSR count). The summed E-state index contributed by atoms with van der Waals surface area (Å²) < 4.78 is 0. The van der Waals surface area contributed by atoms with Crippen LogP contribution in [0.4, 0.5) is 0 Å². The van der Waals surface area contributed by atoms with Crippen molar-refractivity contribution in [2.75, 3.05) is 0 Å². The van der Waals surface area contributed by atoms with Gasteiger partial charge in [-0.1, -0.05) is 78.9 Å². The van der Waals surface area contributed by atoms with E-state index >= 15 is 0 Å². The lowest BCUT2D eigenvalue weighted by Crippen LogP contribution is -2.31. The molecule has 0 fully saturated rings. The molecule has 3 nitrogen and oxygen atoms in total. The van der Waals surface area contributed by atoms with E-state index in [4.69, 9.17) is 0 Å². The highest BCUT2D eigenvalue weighted by Gasteiger charge is 2.16. The van der Waals surface area contributed by atoms with Crippen LogP contribution in [0.1, 0.15) is 22.7 Å². The first kappa shape index (κ1) is 17.1. The first-order valence-corrected chi connectivity index (χ1v) is 9.23. The third kappa shape index (κ3) is 4.09. The lowest BCUT2D eigenvalue weighted by atomic mass is 9.98. The van der Waals surface area contributed by atoms with Crippen LogP contribution < -0.4 is 5.32 Å². The third-order valence-electron chi connectivity index (χ3n) is 4.85. The fourth-order valence-corrected chi connectivity index (χ4v) is 3.48. The van der Waals surface area contributed by atoms with Gasteiger partial charge in [-0.2, -0.15) is 0 Å². The molecular formula is C24H22N2O. The van der Waals surface area contributed by atoms with Gasteiger partial charge in [0, 0.05) is 17.1 Å². The van der Waals surface area contributed by atoms with Crippen LogP contribution in [0.15, 0.2) is 91.1 Å². The van der Waals surface area contributed by atoms with E-state index in [1.807, 2.05) is 66.9 Å². The van der Waals surface area contributed by atoms with Crippen molar-refractivity contribution in [1.82, 2.24) is 10.3 Å². The van der Waals surface area contributed by atoms with Crippen molar-refractivity contribution in [3.63, 3.8) is 0 Å². The number of nitrogens with one attached hydrogen (secondary N) is 2. The summed E-state index contributed by atoms with van der Waals surface area (Å²) in [5, 5.41) is 4.34. The van der Waals surface area contributed by atoms with Gasteiger partial charge in [0.15, 0.2) is 0 Å². The van der Waals surface area contributed by atoms with Crippen molar-refractivity contribution in [3.8, 4) is 0 Å². The molecule has 3 heteroatoms. The lowest BCUT2D eigenvalue weighted by molar-refractivity contribution is -0.121. The Morgan fingerprint density at radius 2 is 1.52 bits per heavy atom. The summed E-state index contributed by atoms with van der Waals surface area (Å²) in [6, 6.07) is 28.5. The second kappa shape index (κ2) is 7.92. The van der Waals surface area contributed by atoms with E-state index in [1.165, 1.54) is 5.56 Å². The first-order chi connectivity index (χ1) is 13.3. The van der Waals surface area contributed by atoms with Gasteiger partial charge in [0.05, 0.1) is 12.5 Å². The molecule has 0 spiro atoms. The van der Waals surface area contributed by atoms with E-state index in [9.17, 15) is 4.79 Å². The fourth-order valence-electron chi connectivity index (χ4n) is 3.48. The minimum absolute atomic E-state index is 0.0320. The summed E-state index contributed by atoms with van der Waals surface area (Å²) in [6.07, 6.45) is 3.06. The summed E-state index contributed by atoms with van der Waals surface area (Å²) in [7, 11) is 0. The largest absolute Gasteiger partial charge is 0.361 e. The Kier molecular flexibility index (Phi) is 5.01. The van der Waals surface area contributed by atoms with Crippen molar-refractivity contribution in [2.24, 2.45) is 0 Å². The SMILES string of the molecule is O=C(Cc1c[nH]c2ccccc12)NC(Cc1ccccc1)c1ccccc1. The smallest absolute Gasteiger partial charge is 0.224 e. The lowest BCUT2D eigenvalue weighted by Gasteiger charge is -2.19. The summed E-state index contributed by atoms with van der Waals surface area (Å²) in [5.74, 6) is 0.0320. The maximum atomic E-state index is 12.8. The predicted octanol–water partition coefficient (Wildman–Crippen LogP) is 4.81. The normalized spacial score (nSPS) is 12.0. The molecule has 1 aromatic heterocycles. The quantitative estimate of drug-likeness (QED) is 0.513. The molecule has 1 unspecified atom stereocenters. The number of carbonyl (C=O) groups is 1. The van der Waals surface area contributed by atoms with Crippen molar-refractivity contribution in [2.45, 2.75) is 18.9 Å². The maximum absolute atomic E-state index is 12.8. The zero-order valence-electron chi connectivity index (χ0n) is 15.1. The summed E-state index contributed by atoms with van der Waals surface area (Å²) in [4.78, 5) is 16.0. The highest BCUT2D eigenvalue weighted by molar-refractivity contribution is 5.89.